The maximum atomic E-state index is 12.6. The fourth-order valence-electron chi connectivity index (χ4n) is 3.01. The van der Waals surface area contributed by atoms with Crippen molar-refractivity contribution in [1.29, 1.82) is 0 Å². The minimum atomic E-state index is -0.855. The van der Waals surface area contributed by atoms with Gasteiger partial charge in [0.2, 0.25) is 17.7 Å². The van der Waals surface area contributed by atoms with Crippen LogP contribution in [-0.4, -0.2) is 72.8 Å². The zero-order chi connectivity index (χ0) is 21.2. The Morgan fingerprint density at radius 2 is 1.90 bits per heavy atom. The molecule has 1 N–H and O–H groups in total. The zero-order valence-corrected chi connectivity index (χ0v) is 16.8. The Kier molecular flexibility index (Phi) is 8.39. The van der Waals surface area contributed by atoms with Gasteiger partial charge in [-0.05, 0) is 12.0 Å². The summed E-state index contributed by atoms with van der Waals surface area (Å²) in [7, 11) is 1.26. The van der Waals surface area contributed by atoms with Crippen molar-refractivity contribution < 1.29 is 23.9 Å². The predicted molar refractivity (Wildman–Crippen MR) is 107 cm³/mol. The number of ether oxygens (including phenoxy) is 1. The van der Waals surface area contributed by atoms with Crippen molar-refractivity contribution in [2.45, 2.75) is 25.8 Å². The molecule has 0 saturated heterocycles. The Morgan fingerprint density at radius 1 is 1.17 bits per heavy atom. The van der Waals surface area contributed by atoms with Gasteiger partial charge < -0.3 is 19.9 Å². The largest absolute Gasteiger partial charge is 0.467 e. The maximum Gasteiger partial charge on any atom is 0.328 e. The van der Waals surface area contributed by atoms with Crippen molar-refractivity contribution in [1.82, 2.24) is 15.1 Å². The second-order valence-corrected chi connectivity index (χ2v) is 6.81. The quantitative estimate of drug-likeness (QED) is 0.554. The van der Waals surface area contributed by atoms with E-state index < -0.39 is 17.9 Å². The lowest BCUT2D eigenvalue weighted by atomic mass is 10.1. The van der Waals surface area contributed by atoms with Crippen molar-refractivity contribution in [3.8, 4) is 0 Å². The molecule has 8 nitrogen and oxygen atoms in total. The average molecular weight is 401 g/mol. The van der Waals surface area contributed by atoms with Crippen LogP contribution in [-0.2, 0) is 30.3 Å². The van der Waals surface area contributed by atoms with E-state index in [-0.39, 0.29) is 37.9 Å². The van der Waals surface area contributed by atoms with E-state index in [1.165, 1.54) is 23.8 Å². The Labute approximate surface area is 170 Å². The van der Waals surface area contributed by atoms with Crippen LogP contribution in [0.4, 0.5) is 0 Å². The van der Waals surface area contributed by atoms with Gasteiger partial charge in [-0.1, -0.05) is 42.5 Å². The van der Waals surface area contributed by atoms with E-state index in [1.807, 2.05) is 36.4 Å². The monoisotopic (exact) mass is 401 g/mol. The fourth-order valence-corrected chi connectivity index (χ4v) is 3.01. The number of esters is 1. The molecule has 1 aliphatic heterocycles. The third-order valence-corrected chi connectivity index (χ3v) is 4.62. The standard InChI is InChI=1S/C21H27N3O5/c1-16(25)23-11-7-4-8-12-24(20(27)15-23)14-19(26)22-18(21(28)29-2)13-17-9-5-3-6-10-17/h3-6,8-10,18H,7,11-15H2,1-2H3,(H,22,26)/b8-4-/t18-/m0/s1. The number of rotatable bonds is 6. The molecule has 1 aliphatic rings. The molecule has 156 valence electrons. The number of methoxy groups -OCH3 is 1. The lowest BCUT2D eigenvalue weighted by molar-refractivity contribution is -0.146. The molecule has 1 aromatic rings. The SMILES string of the molecule is COC(=O)[C@H](Cc1ccccc1)NC(=O)CN1C/C=C\CCN(C(C)=O)CC1=O. The van der Waals surface area contributed by atoms with E-state index in [0.717, 1.165) is 5.56 Å². The van der Waals surface area contributed by atoms with Gasteiger partial charge in [-0.2, -0.15) is 0 Å². The van der Waals surface area contributed by atoms with E-state index in [1.54, 1.807) is 6.08 Å². The van der Waals surface area contributed by atoms with Crippen LogP contribution in [0.1, 0.15) is 18.9 Å². The molecule has 1 aromatic carbocycles. The molecule has 0 fully saturated rings. The normalized spacial score (nSPS) is 16.8. The molecule has 0 spiro atoms. The molecule has 29 heavy (non-hydrogen) atoms. The number of hydrogen-bond donors (Lipinski definition) is 1. The Bertz CT molecular complexity index is 763. The molecule has 0 bridgehead atoms. The van der Waals surface area contributed by atoms with Crippen LogP contribution in [0.2, 0.25) is 0 Å². The van der Waals surface area contributed by atoms with Crippen LogP contribution >= 0.6 is 0 Å². The summed E-state index contributed by atoms with van der Waals surface area (Å²) in [5.41, 5.74) is 0.877. The number of carbonyl (C=O) groups excluding carboxylic acids is 4. The predicted octanol–water partition coefficient (Wildman–Crippen LogP) is 0.524. The van der Waals surface area contributed by atoms with Gasteiger partial charge in [0.15, 0.2) is 0 Å². The second kappa shape index (κ2) is 11.0. The summed E-state index contributed by atoms with van der Waals surface area (Å²) < 4.78 is 4.80. The smallest absolute Gasteiger partial charge is 0.328 e. The summed E-state index contributed by atoms with van der Waals surface area (Å²) >= 11 is 0. The number of nitrogens with zero attached hydrogens (tertiary/aromatic N) is 2. The molecule has 0 radical (unpaired) electrons. The molecular weight excluding hydrogens is 374 g/mol. The van der Waals surface area contributed by atoms with Gasteiger partial charge >= 0.3 is 5.97 Å². The molecule has 0 aliphatic carbocycles. The van der Waals surface area contributed by atoms with Crippen molar-refractivity contribution in [3.05, 3.63) is 48.0 Å². The number of carbonyl (C=O) groups is 4. The van der Waals surface area contributed by atoms with Crippen LogP contribution in [0, 0.1) is 0 Å². The summed E-state index contributed by atoms with van der Waals surface area (Å²) in [5.74, 6) is -1.53. The van der Waals surface area contributed by atoms with Gasteiger partial charge in [0, 0.05) is 26.4 Å². The number of benzene rings is 1. The topological polar surface area (TPSA) is 96.0 Å². The summed E-state index contributed by atoms with van der Waals surface area (Å²) in [6.07, 6.45) is 4.61. The molecule has 8 heteroatoms. The first-order chi connectivity index (χ1) is 13.9. The van der Waals surface area contributed by atoms with E-state index >= 15 is 0 Å². The zero-order valence-electron chi connectivity index (χ0n) is 16.8. The lowest BCUT2D eigenvalue weighted by Crippen LogP contribution is -2.50. The average Bonchev–Trinajstić information content (AvgIpc) is 2.79. The van der Waals surface area contributed by atoms with Crippen molar-refractivity contribution in [2.24, 2.45) is 0 Å². The minimum absolute atomic E-state index is 0.0747. The van der Waals surface area contributed by atoms with Crippen molar-refractivity contribution in [3.63, 3.8) is 0 Å². The highest BCUT2D eigenvalue weighted by atomic mass is 16.5. The molecule has 2 rings (SSSR count). The van der Waals surface area contributed by atoms with Gasteiger partial charge in [-0.3, -0.25) is 14.4 Å². The molecule has 0 saturated carbocycles. The lowest BCUT2D eigenvalue weighted by Gasteiger charge is -2.25. The van der Waals surface area contributed by atoms with E-state index in [9.17, 15) is 19.2 Å². The Morgan fingerprint density at radius 3 is 2.55 bits per heavy atom. The van der Waals surface area contributed by atoms with Crippen LogP contribution in [0.15, 0.2) is 42.5 Å². The van der Waals surface area contributed by atoms with E-state index in [2.05, 4.69) is 5.32 Å². The number of amides is 3. The highest BCUT2D eigenvalue weighted by Crippen LogP contribution is 2.06. The molecular formula is C21H27N3O5. The first-order valence-corrected chi connectivity index (χ1v) is 9.50. The molecule has 1 heterocycles. The van der Waals surface area contributed by atoms with Crippen LogP contribution in [0.5, 0.6) is 0 Å². The van der Waals surface area contributed by atoms with Crippen molar-refractivity contribution >= 4 is 23.7 Å². The third-order valence-electron chi connectivity index (χ3n) is 4.62. The molecule has 1 atom stereocenters. The Hall–Kier alpha value is -3.16. The first kappa shape index (κ1) is 22.1. The van der Waals surface area contributed by atoms with E-state index in [4.69, 9.17) is 4.74 Å². The van der Waals surface area contributed by atoms with Crippen LogP contribution in [0.25, 0.3) is 0 Å². The first-order valence-electron chi connectivity index (χ1n) is 9.50. The highest BCUT2D eigenvalue weighted by Gasteiger charge is 2.25. The molecule has 0 unspecified atom stereocenters. The fraction of sp³-hybridized carbons (Fsp3) is 0.429. The molecule has 0 aromatic heterocycles. The van der Waals surface area contributed by atoms with Gasteiger partial charge in [-0.15, -0.1) is 0 Å². The second-order valence-electron chi connectivity index (χ2n) is 6.81. The summed E-state index contributed by atoms with van der Waals surface area (Å²) in [4.78, 5) is 51.7. The van der Waals surface area contributed by atoms with Crippen molar-refractivity contribution in [2.75, 3.05) is 33.3 Å². The van der Waals surface area contributed by atoms with Gasteiger partial charge in [-0.25, -0.2) is 4.79 Å². The number of nitrogens with one attached hydrogen (secondary N) is 1. The summed E-state index contributed by atoms with van der Waals surface area (Å²) in [5, 5.41) is 2.66. The third kappa shape index (κ3) is 7.06. The highest BCUT2D eigenvalue weighted by molar-refractivity contribution is 5.90. The summed E-state index contributed by atoms with van der Waals surface area (Å²) in [6, 6.07) is 8.42. The van der Waals surface area contributed by atoms with Gasteiger partial charge in [0.25, 0.3) is 0 Å². The minimum Gasteiger partial charge on any atom is -0.467 e. The van der Waals surface area contributed by atoms with Gasteiger partial charge in [0.05, 0.1) is 20.2 Å². The summed E-state index contributed by atoms with van der Waals surface area (Å²) in [6.45, 7) is 1.85. The van der Waals surface area contributed by atoms with Gasteiger partial charge in [0.1, 0.15) is 6.04 Å². The van der Waals surface area contributed by atoms with Crippen LogP contribution < -0.4 is 5.32 Å². The number of hydrogen-bond acceptors (Lipinski definition) is 5. The maximum absolute atomic E-state index is 12.6. The van der Waals surface area contributed by atoms with Crippen LogP contribution in [0.3, 0.4) is 0 Å². The van der Waals surface area contributed by atoms with E-state index in [0.29, 0.717) is 13.0 Å². The molecule has 3 amide bonds. The Balaban J connectivity index is 2.03.